The molecule has 0 fully saturated rings. The van der Waals surface area contributed by atoms with Gasteiger partial charge >= 0.3 is 0 Å². The molecule has 712 valence electrons. The van der Waals surface area contributed by atoms with Crippen molar-refractivity contribution in [2.45, 2.75) is 107 Å². The van der Waals surface area contributed by atoms with Gasteiger partial charge in [-0.2, -0.15) is 0 Å². The van der Waals surface area contributed by atoms with E-state index in [1.165, 1.54) is 19.6 Å². The summed E-state index contributed by atoms with van der Waals surface area (Å²) >= 11 is 0. The highest BCUT2D eigenvalue weighted by atomic mass is 16.4. The standard InChI is InChI=1S/4C18H31N3O10/c1-18(2,3)16(17(30)31)21(6-4-19(8-12(22)23)9-13(24)25)7-5-20(10-14(26)27)11-15(28)29;1-18(2,3)12(6-20(9-15(26)27)10-16(28)29)21(11-17(30)31)5-4-19(7-13(22)23)8-14(24)25;1-18(2,3)12(21(10-16(28)29)11-17(30)31)6-19(7-13(22)23)4-5-20(8-14(24)25)9-15(26)27;1-18(2,3)16(17(30)31)21(11-15(28)29)7-6-19(8-12(22)23)4-5-20(9-13(24)25)10-14(26)27/h16H,4-11H2,1-3H3,(H,22,23)(H,24,25)(H,26,27)(H,28,29)(H,30,31);2*12H,4-11H2,1-3H3,(H,22,23)(H,24,25)(H,26,27)(H,28,29)(H,30,31);16H,4-11H2,1-3H3,(H,22,23)(H,24,25)(H,26,27)(H,28,29)(H,30,31)/p-20. The number of hydrogen-bond donors (Lipinski definition) is 0. The number of carbonyl (C=O) groups excluding carboxylic acids is 20. The first-order valence-corrected chi connectivity index (χ1v) is 37.2. The third-order valence-electron chi connectivity index (χ3n) is 17.1. The Bertz CT molecular complexity index is 3320. The Hall–Kier alpha value is -11.1. The topological polar surface area (TPSA) is 841 Å². The third-order valence-corrected chi connectivity index (χ3v) is 17.1. The smallest absolute Gasteiger partial charge is 0.0592 e. The molecule has 0 heterocycles. The molecule has 0 spiro atoms. The molecular formula is C72H104N12O40-20. The molecular weight excluding hydrogens is 1670 g/mol. The molecule has 0 aromatic rings. The van der Waals surface area contributed by atoms with Crippen molar-refractivity contribution in [3.05, 3.63) is 0 Å². The maximum Gasteiger partial charge on any atom is 0.0592 e. The fourth-order valence-electron chi connectivity index (χ4n) is 12.4. The van der Waals surface area contributed by atoms with Gasteiger partial charge in [-0.25, -0.2) is 0 Å². The third kappa shape index (κ3) is 62.1. The van der Waals surface area contributed by atoms with Crippen molar-refractivity contribution in [1.29, 1.82) is 0 Å². The molecule has 52 nitrogen and oxygen atoms in total. The van der Waals surface area contributed by atoms with Gasteiger partial charge in [-0.15, -0.1) is 0 Å². The van der Waals surface area contributed by atoms with Crippen molar-refractivity contribution in [3.63, 3.8) is 0 Å². The second-order valence-electron chi connectivity index (χ2n) is 32.3. The van der Waals surface area contributed by atoms with E-state index in [9.17, 15) is 198 Å². The van der Waals surface area contributed by atoms with Crippen LogP contribution in [0.5, 0.6) is 0 Å². The minimum atomic E-state index is -1.55. The maximum absolute atomic E-state index is 11.8. The fraction of sp³-hybridized carbons (Fsp3) is 0.722. The predicted molar refractivity (Wildman–Crippen MR) is 371 cm³/mol. The van der Waals surface area contributed by atoms with Gasteiger partial charge in [0.1, 0.15) is 0 Å². The first-order chi connectivity index (χ1) is 56.5. The van der Waals surface area contributed by atoms with E-state index >= 15 is 0 Å². The number of carbonyl (C=O) groups is 20. The first kappa shape index (κ1) is 119. The lowest BCUT2D eigenvalue weighted by molar-refractivity contribution is -0.320. The first-order valence-electron chi connectivity index (χ1n) is 37.2. The molecule has 0 aliphatic rings. The normalized spacial score (nSPS) is 12.8. The minimum absolute atomic E-state index is 0.140. The molecule has 0 aliphatic carbocycles. The van der Waals surface area contributed by atoms with E-state index in [1.807, 2.05) is 0 Å². The minimum Gasteiger partial charge on any atom is -0.549 e. The molecule has 0 saturated carbocycles. The summed E-state index contributed by atoms with van der Waals surface area (Å²) in [6.07, 6.45) is 0. The predicted octanol–water partition coefficient (Wildman–Crippen LogP) is -31.8. The fourth-order valence-corrected chi connectivity index (χ4v) is 12.4. The van der Waals surface area contributed by atoms with Crippen molar-refractivity contribution in [2.24, 2.45) is 21.7 Å². The van der Waals surface area contributed by atoms with Crippen LogP contribution in [0.3, 0.4) is 0 Å². The molecule has 0 rings (SSSR count). The van der Waals surface area contributed by atoms with Crippen LogP contribution in [0, 0.1) is 21.7 Å². The van der Waals surface area contributed by atoms with Crippen LogP contribution in [0.15, 0.2) is 0 Å². The Labute approximate surface area is 712 Å². The zero-order valence-electron chi connectivity index (χ0n) is 70.6. The van der Waals surface area contributed by atoms with Crippen molar-refractivity contribution >= 4 is 119 Å². The summed E-state index contributed by atoms with van der Waals surface area (Å²) in [5.41, 5.74) is -3.25. The Morgan fingerprint density at radius 2 is 0.323 bits per heavy atom. The molecule has 0 bridgehead atoms. The molecule has 124 heavy (non-hydrogen) atoms. The van der Waals surface area contributed by atoms with Crippen LogP contribution in [-0.4, -0.2) is 412 Å². The van der Waals surface area contributed by atoms with Crippen LogP contribution in [0.1, 0.15) is 83.1 Å². The summed E-state index contributed by atoms with van der Waals surface area (Å²) < 4.78 is 0. The van der Waals surface area contributed by atoms with E-state index in [-0.39, 0.29) is 91.6 Å². The summed E-state index contributed by atoms with van der Waals surface area (Å²) in [6.45, 7) is 4.07. The van der Waals surface area contributed by atoms with E-state index in [0.717, 1.165) is 39.2 Å². The number of carboxylic acids is 20. The summed E-state index contributed by atoms with van der Waals surface area (Å²) in [5, 5.41) is 220. The highest BCUT2D eigenvalue weighted by Gasteiger charge is 2.37. The van der Waals surface area contributed by atoms with Gasteiger partial charge in [-0.1, -0.05) is 83.1 Å². The van der Waals surface area contributed by atoms with Gasteiger partial charge in [-0.05, 0) is 21.7 Å². The van der Waals surface area contributed by atoms with E-state index < -0.39 is 283 Å². The number of rotatable bonds is 64. The zero-order chi connectivity index (χ0) is 97.4. The Morgan fingerprint density at radius 1 is 0.169 bits per heavy atom. The van der Waals surface area contributed by atoms with Crippen molar-refractivity contribution < 1.29 is 198 Å². The van der Waals surface area contributed by atoms with E-state index in [1.54, 1.807) is 83.1 Å². The summed E-state index contributed by atoms with van der Waals surface area (Å²) in [6, 6.07) is -4.13. The second-order valence-corrected chi connectivity index (χ2v) is 32.3. The average molecular weight is 1780 g/mol. The van der Waals surface area contributed by atoms with Crippen molar-refractivity contribution in [2.75, 3.05) is 209 Å². The van der Waals surface area contributed by atoms with Crippen molar-refractivity contribution in [1.82, 2.24) is 58.8 Å². The zero-order valence-corrected chi connectivity index (χ0v) is 70.6. The van der Waals surface area contributed by atoms with Crippen LogP contribution < -0.4 is 102 Å². The molecule has 0 saturated heterocycles. The largest absolute Gasteiger partial charge is 0.549 e. The quantitative estimate of drug-likeness (QED) is 0.0546. The van der Waals surface area contributed by atoms with E-state index in [0.29, 0.717) is 0 Å². The Morgan fingerprint density at radius 3 is 0.556 bits per heavy atom. The molecule has 52 heteroatoms. The lowest BCUT2D eigenvalue weighted by Gasteiger charge is -2.44. The van der Waals surface area contributed by atoms with Gasteiger partial charge in [0.05, 0.1) is 131 Å². The monoisotopic (exact) mass is 1780 g/mol. The Kier molecular flexibility index (Phi) is 56.6. The molecule has 4 atom stereocenters. The summed E-state index contributed by atoms with van der Waals surface area (Å²) in [7, 11) is 0. The van der Waals surface area contributed by atoms with Gasteiger partial charge in [0.15, 0.2) is 0 Å². The molecule has 0 aliphatic heterocycles. The summed E-state index contributed by atoms with van der Waals surface area (Å²) in [4.78, 5) is 233. The number of hydrogen-bond acceptors (Lipinski definition) is 52. The van der Waals surface area contributed by atoms with Crippen LogP contribution in [-0.2, 0) is 95.9 Å². The number of carboxylic acid groups (broad SMARTS) is 20. The maximum atomic E-state index is 11.8. The van der Waals surface area contributed by atoms with Gasteiger partial charge < -0.3 is 198 Å². The highest BCUT2D eigenvalue weighted by molar-refractivity contribution is 5.77. The number of aliphatic carboxylic acids is 20. The SMILES string of the molecule is CC(C)(C)C(C(=O)[O-])N(CCN(CC(=O)[O-])CC(=O)[O-])CCN(CC(=O)[O-])CC(=O)[O-].CC(C)(C)C(C(=O)[O-])N(CCN(CCN(CC(=O)[O-])CC(=O)[O-])CC(=O)[O-])CC(=O)[O-].CC(C)(C)C(CN(CC(=O)[O-])CC(=O)[O-])N(CCN(CC(=O)[O-])CC(=O)[O-])CC(=O)[O-].CC(C)(C)C(CN(CCN(CC(=O)[O-])CC(=O)[O-])CC(=O)[O-])N(CC(=O)[O-])CC(=O)[O-]. The molecule has 0 radical (unpaired) electrons. The summed E-state index contributed by atoms with van der Waals surface area (Å²) in [5.74, 6) is -30.7. The average Bonchev–Trinajstić information content (AvgIpc) is 0.846. The van der Waals surface area contributed by atoms with Crippen LogP contribution in [0.4, 0.5) is 0 Å². The van der Waals surface area contributed by atoms with Crippen LogP contribution >= 0.6 is 0 Å². The second kappa shape index (κ2) is 58.9. The molecule has 4 unspecified atom stereocenters. The van der Waals surface area contributed by atoms with Crippen molar-refractivity contribution in [3.8, 4) is 0 Å². The molecule has 0 aromatic carbocycles. The molecule has 0 amide bonds. The Balaban J connectivity index is -0.000000774. The van der Waals surface area contributed by atoms with Crippen LogP contribution in [0.25, 0.3) is 0 Å². The molecule has 0 aromatic heterocycles. The van der Waals surface area contributed by atoms with E-state index in [2.05, 4.69) is 0 Å². The lowest BCUT2D eigenvalue weighted by Crippen LogP contribution is -2.59. The lowest BCUT2D eigenvalue weighted by atomic mass is 9.85. The van der Waals surface area contributed by atoms with Gasteiger partial charge in [-0.3, -0.25) is 58.8 Å². The number of nitrogens with zero attached hydrogens (tertiary/aromatic N) is 12. The van der Waals surface area contributed by atoms with Gasteiger partial charge in [0.25, 0.3) is 0 Å². The van der Waals surface area contributed by atoms with Crippen LogP contribution in [0.2, 0.25) is 0 Å². The highest BCUT2D eigenvalue weighted by Crippen LogP contribution is 2.29. The van der Waals surface area contributed by atoms with E-state index in [4.69, 9.17) is 0 Å². The van der Waals surface area contributed by atoms with Gasteiger partial charge in [0, 0.05) is 222 Å². The van der Waals surface area contributed by atoms with Gasteiger partial charge in [0.2, 0.25) is 0 Å². The molecule has 0 N–H and O–H groups in total.